The van der Waals surface area contributed by atoms with E-state index in [1.54, 1.807) is 12.1 Å². The number of aliphatic hydroxyl groups is 1. The normalized spacial score (nSPS) is 12.3. The van der Waals surface area contributed by atoms with Crippen LogP contribution in [-0.4, -0.2) is 34.0 Å². The van der Waals surface area contributed by atoms with Crippen molar-refractivity contribution in [3.63, 3.8) is 0 Å². The molecule has 0 aliphatic rings. The van der Waals surface area contributed by atoms with Crippen LogP contribution in [0, 0.1) is 10.1 Å². The van der Waals surface area contributed by atoms with Crippen molar-refractivity contribution in [2.45, 2.75) is 5.25 Å². The van der Waals surface area contributed by atoms with Gasteiger partial charge in [0.05, 0.1) is 11.9 Å². The summed E-state index contributed by atoms with van der Waals surface area (Å²) in [6, 6.07) is 6.32. The lowest BCUT2D eigenvalue weighted by molar-refractivity contribution is -0.479. The second kappa shape index (κ2) is 6.34. The number of aliphatic hydroxyl groups excluding tert-OH is 1. The molecule has 0 heterocycles. The summed E-state index contributed by atoms with van der Waals surface area (Å²) in [6.45, 7) is -0.188. The second-order valence-electron chi connectivity index (χ2n) is 3.19. The van der Waals surface area contributed by atoms with Crippen LogP contribution in [0.25, 0.3) is 0 Å². The van der Waals surface area contributed by atoms with E-state index in [4.69, 9.17) is 10.2 Å². The highest BCUT2D eigenvalue weighted by Gasteiger charge is 2.17. The van der Waals surface area contributed by atoms with Crippen LogP contribution in [0.2, 0.25) is 0 Å². The van der Waals surface area contributed by atoms with Gasteiger partial charge in [-0.2, -0.15) is 0 Å². The average Bonchev–Trinajstić information content (AvgIpc) is 2.25. The molecule has 2 N–H and O–H groups in total. The third-order valence-electron chi connectivity index (χ3n) is 1.99. The first-order valence-corrected chi connectivity index (χ1v) is 5.81. The summed E-state index contributed by atoms with van der Waals surface area (Å²) in [5, 5.41) is 28.0. The molecular weight excluding hydrogens is 230 g/mol. The topological polar surface area (TPSA) is 83.6 Å². The Balaban J connectivity index is 2.74. The average molecular weight is 243 g/mol. The monoisotopic (exact) mass is 243 g/mol. The van der Waals surface area contributed by atoms with Gasteiger partial charge in [0.2, 0.25) is 6.54 Å². The van der Waals surface area contributed by atoms with Crippen molar-refractivity contribution < 1.29 is 15.1 Å². The minimum Gasteiger partial charge on any atom is -0.508 e. The zero-order valence-corrected chi connectivity index (χ0v) is 9.39. The fourth-order valence-electron chi connectivity index (χ4n) is 1.27. The molecule has 0 radical (unpaired) electrons. The zero-order valence-electron chi connectivity index (χ0n) is 8.57. The summed E-state index contributed by atoms with van der Waals surface area (Å²) in [7, 11) is 0. The highest BCUT2D eigenvalue weighted by atomic mass is 32.2. The van der Waals surface area contributed by atoms with Crippen LogP contribution in [0.3, 0.4) is 0 Å². The predicted octanol–water partition coefficient (Wildman–Crippen LogP) is 1.44. The molecular formula is C10H13NO4S. The van der Waals surface area contributed by atoms with Crippen molar-refractivity contribution in [3.8, 4) is 5.75 Å². The van der Waals surface area contributed by atoms with Crippen LogP contribution in [0.4, 0.5) is 0 Å². The van der Waals surface area contributed by atoms with Crippen LogP contribution in [0.1, 0.15) is 10.8 Å². The fourth-order valence-corrected chi connectivity index (χ4v) is 2.24. The Hall–Kier alpha value is -1.27. The van der Waals surface area contributed by atoms with Gasteiger partial charge >= 0.3 is 0 Å². The van der Waals surface area contributed by atoms with Crippen LogP contribution in [-0.2, 0) is 0 Å². The molecule has 0 aromatic heterocycles. The standard InChI is InChI=1S/C10H13NO4S/c12-5-6-16-10(7-11(14)15)8-1-3-9(13)4-2-8/h1-4,10,12-13H,5-7H2/t10-/m1/s1. The second-order valence-corrected chi connectivity index (χ2v) is 4.50. The maximum Gasteiger partial charge on any atom is 0.219 e. The molecule has 0 bridgehead atoms. The van der Waals surface area contributed by atoms with Crippen molar-refractivity contribution in [2.75, 3.05) is 18.9 Å². The van der Waals surface area contributed by atoms with Gasteiger partial charge in [-0.15, -0.1) is 11.8 Å². The van der Waals surface area contributed by atoms with E-state index in [-0.39, 0.29) is 29.1 Å². The van der Waals surface area contributed by atoms with Crippen molar-refractivity contribution in [3.05, 3.63) is 39.9 Å². The highest BCUT2D eigenvalue weighted by molar-refractivity contribution is 7.99. The molecule has 1 aromatic rings. The number of rotatable bonds is 6. The van der Waals surface area contributed by atoms with Crippen molar-refractivity contribution >= 4 is 11.8 Å². The van der Waals surface area contributed by atoms with Gasteiger partial charge in [0.15, 0.2) is 0 Å². The maximum atomic E-state index is 10.5. The van der Waals surface area contributed by atoms with E-state index in [2.05, 4.69) is 0 Å². The van der Waals surface area contributed by atoms with Gasteiger partial charge in [0.25, 0.3) is 0 Å². The number of phenolic OH excluding ortho intramolecular Hbond substituents is 1. The molecule has 0 saturated carbocycles. The van der Waals surface area contributed by atoms with Crippen molar-refractivity contribution in [2.24, 2.45) is 0 Å². The summed E-state index contributed by atoms with van der Waals surface area (Å²) in [5.74, 6) is 0.593. The summed E-state index contributed by atoms with van der Waals surface area (Å²) in [4.78, 5) is 10.1. The molecule has 0 aliphatic carbocycles. The molecule has 0 spiro atoms. The van der Waals surface area contributed by atoms with Crippen LogP contribution in [0.15, 0.2) is 24.3 Å². The van der Waals surface area contributed by atoms with Crippen molar-refractivity contribution in [1.29, 1.82) is 0 Å². The quantitative estimate of drug-likeness (QED) is 0.583. The molecule has 88 valence electrons. The lowest BCUT2D eigenvalue weighted by atomic mass is 10.1. The molecule has 1 atom stereocenters. The van der Waals surface area contributed by atoms with Gasteiger partial charge < -0.3 is 10.2 Å². The molecule has 0 amide bonds. The SMILES string of the molecule is O=[N+]([O-])C[C@@H](SCCO)c1ccc(O)cc1. The van der Waals surface area contributed by atoms with Gasteiger partial charge in [-0.05, 0) is 17.7 Å². The highest BCUT2D eigenvalue weighted by Crippen LogP contribution is 2.29. The maximum absolute atomic E-state index is 10.5. The third-order valence-corrected chi connectivity index (χ3v) is 3.23. The Labute approximate surface area is 97.3 Å². The summed E-state index contributed by atoms with van der Waals surface area (Å²) in [5.41, 5.74) is 0.785. The Bertz CT molecular complexity index is 341. The number of hydrogen-bond acceptors (Lipinski definition) is 5. The lowest BCUT2D eigenvalue weighted by Crippen LogP contribution is -2.10. The van der Waals surface area contributed by atoms with Crippen LogP contribution >= 0.6 is 11.8 Å². The summed E-state index contributed by atoms with van der Waals surface area (Å²) >= 11 is 1.34. The molecule has 1 aromatic carbocycles. The first-order valence-electron chi connectivity index (χ1n) is 4.76. The minimum atomic E-state index is -0.373. The van der Waals surface area contributed by atoms with Gasteiger partial charge in [0, 0.05) is 10.7 Å². The molecule has 6 heteroatoms. The Morgan fingerprint density at radius 2 is 2.00 bits per heavy atom. The summed E-state index contributed by atoms with van der Waals surface area (Å²) in [6.07, 6.45) is 0. The van der Waals surface area contributed by atoms with Gasteiger partial charge in [-0.25, -0.2) is 0 Å². The third kappa shape index (κ3) is 4.08. The molecule has 1 rings (SSSR count). The number of thioether (sulfide) groups is 1. The Morgan fingerprint density at radius 3 is 2.50 bits per heavy atom. The molecule has 16 heavy (non-hydrogen) atoms. The molecule has 0 fully saturated rings. The first-order chi connectivity index (χ1) is 7.63. The molecule has 0 saturated heterocycles. The van der Waals surface area contributed by atoms with E-state index in [9.17, 15) is 10.1 Å². The Kier molecular flexibility index (Phi) is 5.07. The smallest absolute Gasteiger partial charge is 0.219 e. The predicted molar refractivity (Wildman–Crippen MR) is 62.3 cm³/mol. The molecule has 5 nitrogen and oxygen atoms in total. The summed E-state index contributed by atoms with van der Waals surface area (Å²) < 4.78 is 0. The number of aromatic hydroxyl groups is 1. The van der Waals surface area contributed by atoms with Crippen molar-refractivity contribution in [1.82, 2.24) is 0 Å². The zero-order chi connectivity index (χ0) is 12.0. The van der Waals surface area contributed by atoms with Crippen LogP contribution in [0.5, 0.6) is 5.75 Å². The van der Waals surface area contributed by atoms with Gasteiger partial charge in [-0.3, -0.25) is 10.1 Å². The van der Waals surface area contributed by atoms with Crippen LogP contribution < -0.4 is 0 Å². The number of nitro groups is 1. The fraction of sp³-hybridized carbons (Fsp3) is 0.400. The van der Waals surface area contributed by atoms with E-state index in [0.717, 1.165) is 5.56 Å². The first kappa shape index (κ1) is 12.8. The largest absolute Gasteiger partial charge is 0.508 e. The minimum absolute atomic E-state index is 0.00301. The van der Waals surface area contributed by atoms with Gasteiger partial charge in [-0.1, -0.05) is 12.1 Å². The van der Waals surface area contributed by atoms with E-state index in [0.29, 0.717) is 5.75 Å². The number of hydrogen-bond donors (Lipinski definition) is 2. The number of phenols is 1. The van der Waals surface area contributed by atoms with Gasteiger partial charge in [0.1, 0.15) is 5.75 Å². The molecule has 0 aliphatic heterocycles. The van der Waals surface area contributed by atoms with E-state index >= 15 is 0 Å². The number of nitrogens with zero attached hydrogens (tertiary/aromatic N) is 1. The number of benzene rings is 1. The lowest BCUT2D eigenvalue weighted by Gasteiger charge is -2.12. The van der Waals surface area contributed by atoms with E-state index in [1.165, 1.54) is 23.9 Å². The van der Waals surface area contributed by atoms with E-state index in [1.807, 2.05) is 0 Å². The molecule has 0 unspecified atom stereocenters. The Morgan fingerprint density at radius 1 is 1.38 bits per heavy atom. The van der Waals surface area contributed by atoms with E-state index < -0.39 is 0 Å².